The summed E-state index contributed by atoms with van der Waals surface area (Å²) < 4.78 is 1.90. The first-order chi connectivity index (χ1) is 14.7. The van der Waals surface area contributed by atoms with Crippen LogP contribution in [0.15, 0.2) is 72.0 Å². The number of rotatable bonds is 6. The maximum atomic E-state index is 12.7. The predicted octanol–water partition coefficient (Wildman–Crippen LogP) is 2.80. The number of guanidine groups is 1. The molecule has 0 saturated carbocycles. The van der Waals surface area contributed by atoms with Crippen molar-refractivity contribution in [1.82, 2.24) is 20.4 Å². The summed E-state index contributed by atoms with van der Waals surface area (Å²) in [6.07, 6.45) is 4.64. The minimum Gasteiger partial charge on any atom is -0.352 e. The molecule has 0 aliphatic carbocycles. The minimum absolute atomic E-state index is 0. The summed E-state index contributed by atoms with van der Waals surface area (Å²) in [5.41, 5.74) is 4.59. The van der Waals surface area contributed by atoms with Crippen LogP contribution in [0.3, 0.4) is 0 Å². The van der Waals surface area contributed by atoms with Gasteiger partial charge in [0.2, 0.25) is 5.91 Å². The van der Waals surface area contributed by atoms with Crippen LogP contribution in [0.5, 0.6) is 0 Å². The molecule has 2 N–H and O–H groups in total. The third kappa shape index (κ3) is 5.63. The second kappa shape index (κ2) is 10.9. The van der Waals surface area contributed by atoms with Gasteiger partial charge >= 0.3 is 0 Å². The maximum Gasteiger partial charge on any atom is 0.246 e. The summed E-state index contributed by atoms with van der Waals surface area (Å²) in [6, 6.07) is 18.2. The number of carbonyl (C=O) groups excluding carboxylic acids is 1. The van der Waals surface area contributed by atoms with Crippen LogP contribution in [0, 0.1) is 0 Å². The summed E-state index contributed by atoms with van der Waals surface area (Å²) in [4.78, 5) is 18.8. The molecule has 1 aromatic heterocycles. The van der Waals surface area contributed by atoms with E-state index < -0.39 is 0 Å². The highest BCUT2D eigenvalue weighted by atomic mass is 127. The van der Waals surface area contributed by atoms with Crippen LogP contribution in [-0.2, 0) is 24.3 Å². The van der Waals surface area contributed by atoms with Crippen LogP contribution < -0.4 is 15.5 Å². The van der Waals surface area contributed by atoms with Gasteiger partial charge < -0.3 is 15.5 Å². The first kappa shape index (κ1) is 22.8. The van der Waals surface area contributed by atoms with Crippen molar-refractivity contribution >= 4 is 41.5 Å². The van der Waals surface area contributed by atoms with Gasteiger partial charge in [0.15, 0.2) is 5.96 Å². The first-order valence-corrected chi connectivity index (χ1v) is 10.1. The lowest BCUT2D eigenvalue weighted by atomic mass is 10.1. The Morgan fingerprint density at radius 2 is 1.84 bits per heavy atom. The predicted molar refractivity (Wildman–Crippen MR) is 134 cm³/mol. The number of carbonyl (C=O) groups is 1. The summed E-state index contributed by atoms with van der Waals surface area (Å²) >= 11 is 0. The molecule has 1 aliphatic heterocycles. The Morgan fingerprint density at radius 3 is 2.61 bits per heavy atom. The molecule has 0 fully saturated rings. The van der Waals surface area contributed by atoms with E-state index in [4.69, 9.17) is 0 Å². The zero-order chi connectivity index (χ0) is 20.8. The van der Waals surface area contributed by atoms with Gasteiger partial charge in [-0.25, -0.2) is 0 Å². The second-order valence-electron chi connectivity index (χ2n) is 7.18. The Balaban J connectivity index is 0.00000272. The fourth-order valence-corrected chi connectivity index (χ4v) is 3.70. The molecular formula is C23H27IN6O. The van der Waals surface area contributed by atoms with Crippen LogP contribution in [-0.4, -0.2) is 41.8 Å². The number of anilines is 1. The van der Waals surface area contributed by atoms with E-state index in [9.17, 15) is 4.79 Å². The lowest BCUT2D eigenvalue weighted by Gasteiger charge is -2.19. The SMILES string of the molecule is CN=C(NCC(=O)N1CCc2ccccc21)NCc1ccccc1Cn1cccn1.I. The van der Waals surface area contributed by atoms with E-state index in [1.54, 1.807) is 13.2 Å². The first-order valence-electron chi connectivity index (χ1n) is 10.1. The van der Waals surface area contributed by atoms with Gasteiger partial charge in [0.25, 0.3) is 0 Å². The molecule has 0 atom stereocenters. The summed E-state index contributed by atoms with van der Waals surface area (Å²) in [7, 11) is 1.71. The summed E-state index contributed by atoms with van der Waals surface area (Å²) in [5.74, 6) is 0.645. The maximum absolute atomic E-state index is 12.7. The third-order valence-electron chi connectivity index (χ3n) is 5.28. The zero-order valence-corrected chi connectivity index (χ0v) is 19.8. The highest BCUT2D eigenvalue weighted by molar-refractivity contribution is 14.0. The van der Waals surface area contributed by atoms with Crippen molar-refractivity contribution in [3.05, 3.63) is 83.7 Å². The van der Waals surface area contributed by atoms with E-state index in [1.807, 2.05) is 52.2 Å². The molecule has 162 valence electrons. The average molecular weight is 530 g/mol. The molecule has 2 aromatic carbocycles. The van der Waals surface area contributed by atoms with Crippen molar-refractivity contribution in [3.8, 4) is 0 Å². The van der Waals surface area contributed by atoms with Crippen molar-refractivity contribution in [1.29, 1.82) is 0 Å². The summed E-state index contributed by atoms with van der Waals surface area (Å²) in [6.45, 7) is 2.25. The molecule has 0 bridgehead atoms. The highest BCUT2D eigenvalue weighted by Crippen LogP contribution is 2.27. The Labute approximate surface area is 199 Å². The average Bonchev–Trinajstić information content (AvgIpc) is 3.44. The number of nitrogens with zero attached hydrogens (tertiary/aromatic N) is 4. The van der Waals surface area contributed by atoms with E-state index in [1.165, 1.54) is 11.1 Å². The molecule has 4 rings (SSSR count). The second-order valence-corrected chi connectivity index (χ2v) is 7.18. The Morgan fingerprint density at radius 1 is 1.06 bits per heavy atom. The molecular weight excluding hydrogens is 503 g/mol. The number of hydrogen-bond donors (Lipinski definition) is 2. The van der Waals surface area contributed by atoms with Gasteiger partial charge in [-0.15, -0.1) is 24.0 Å². The van der Waals surface area contributed by atoms with Crippen molar-refractivity contribution in [2.24, 2.45) is 4.99 Å². The van der Waals surface area contributed by atoms with Crippen molar-refractivity contribution < 1.29 is 4.79 Å². The quantitative estimate of drug-likeness (QED) is 0.292. The topological polar surface area (TPSA) is 74.6 Å². The van der Waals surface area contributed by atoms with Gasteiger partial charge in [0, 0.05) is 38.2 Å². The van der Waals surface area contributed by atoms with Crippen LogP contribution in [0.4, 0.5) is 5.69 Å². The van der Waals surface area contributed by atoms with Crippen molar-refractivity contribution in [2.45, 2.75) is 19.5 Å². The molecule has 1 amide bonds. The fourth-order valence-electron chi connectivity index (χ4n) is 3.70. The van der Waals surface area contributed by atoms with Crippen LogP contribution in [0.25, 0.3) is 0 Å². The van der Waals surface area contributed by atoms with Crippen molar-refractivity contribution in [2.75, 3.05) is 25.0 Å². The molecule has 3 aromatic rings. The number of aliphatic imine (C=N–C) groups is 1. The third-order valence-corrected chi connectivity index (χ3v) is 5.28. The largest absolute Gasteiger partial charge is 0.352 e. The number of para-hydroxylation sites is 1. The number of nitrogens with one attached hydrogen (secondary N) is 2. The van der Waals surface area contributed by atoms with Crippen molar-refractivity contribution in [3.63, 3.8) is 0 Å². The van der Waals surface area contributed by atoms with Gasteiger partial charge in [-0.05, 0) is 35.2 Å². The number of fused-ring (bicyclic) bond motifs is 1. The van der Waals surface area contributed by atoms with E-state index in [2.05, 4.69) is 38.9 Å². The van der Waals surface area contributed by atoms with E-state index >= 15 is 0 Å². The van der Waals surface area contributed by atoms with Crippen LogP contribution >= 0.6 is 24.0 Å². The number of aromatic nitrogens is 2. The van der Waals surface area contributed by atoms with Gasteiger partial charge in [0.1, 0.15) is 0 Å². The van der Waals surface area contributed by atoms with Gasteiger partial charge in [-0.3, -0.25) is 14.5 Å². The molecule has 0 radical (unpaired) electrons. The van der Waals surface area contributed by atoms with E-state index in [0.717, 1.165) is 24.2 Å². The molecule has 0 saturated heterocycles. The highest BCUT2D eigenvalue weighted by Gasteiger charge is 2.23. The Hall–Kier alpha value is -2.88. The van der Waals surface area contributed by atoms with Crippen LogP contribution in [0.2, 0.25) is 0 Å². The molecule has 1 aliphatic rings. The monoisotopic (exact) mass is 530 g/mol. The number of halogens is 1. The molecule has 8 heteroatoms. The molecule has 2 heterocycles. The molecule has 7 nitrogen and oxygen atoms in total. The number of hydrogen-bond acceptors (Lipinski definition) is 3. The Kier molecular flexibility index (Phi) is 8.05. The van der Waals surface area contributed by atoms with Crippen LogP contribution in [0.1, 0.15) is 16.7 Å². The fraction of sp³-hybridized carbons (Fsp3) is 0.261. The normalized spacial score (nSPS) is 12.8. The molecule has 0 unspecified atom stereocenters. The minimum atomic E-state index is 0. The number of amides is 1. The Bertz CT molecular complexity index is 1030. The molecule has 31 heavy (non-hydrogen) atoms. The van der Waals surface area contributed by atoms with E-state index in [-0.39, 0.29) is 36.4 Å². The van der Waals surface area contributed by atoms with E-state index in [0.29, 0.717) is 19.0 Å². The lowest BCUT2D eigenvalue weighted by Crippen LogP contribution is -2.44. The van der Waals surface area contributed by atoms with Gasteiger partial charge in [-0.2, -0.15) is 5.10 Å². The smallest absolute Gasteiger partial charge is 0.246 e. The number of benzene rings is 2. The standard InChI is InChI=1S/C23H26N6O.HI/c1-24-23(26-16-22(30)29-14-11-18-7-4-5-10-21(18)29)25-15-19-8-2-3-9-20(19)17-28-13-6-12-27-28;/h2-10,12-13H,11,14-17H2,1H3,(H2,24,25,26);1H. The van der Waals surface area contributed by atoms with Gasteiger partial charge in [0.05, 0.1) is 13.1 Å². The lowest BCUT2D eigenvalue weighted by molar-refractivity contribution is -0.117. The van der Waals surface area contributed by atoms with Gasteiger partial charge in [-0.1, -0.05) is 42.5 Å². The zero-order valence-electron chi connectivity index (χ0n) is 17.5. The summed E-state index contributed by atoms with van der Waals surface area (Å²) in [5, 5.41) is 10.7. The molecule has 0 spiro atoms.